The van der Waals surface area contributed by atoms with Crippen LogP contribution >= 0.6 is 12.2 Å². The van der Waals surface area contributed by atoms with Crippen LogP contribution in [0.2, 0.25) is 0 Å². The summed E-state index contributed by atoms with van der Waals surface area (Å²) in [6, 6.07) is 13.3. The van der Waals surface area contributed by atoms with Gasteiger partial charge < -0.3 is 9.64 Å². The number of benzene rings is 2. The molecule has 0 unspecified atom stereocenters. The second-order valence-electron chi connectivity index (χ2n) is 7.08. The predicted molar refractivity (Wildman–Crippen MR) is 129 cm³/mol. The molecule has 0 aliphatic carbocycles. The van der Waals surface area contributed by atoms with Gasteiger partial charge in [0.15, 0.2) is 5.11 Å². The van der Waals surface area contributed by atoms with E-state index < -0.39 is 11.8 Å². The Kier molecular flexibility index (Phi) is 7.07. The minimum Gasteiger partial charge on any atom is -0.496 e. The van der Waals surface area contributed by atoms with E-state index in [1.54, 1.807) is 13.2 Å². The maximum Gasteiger partial charge on any atom is 0.270 e. The van der Waals surface area contributed by atoms with E-state index >= 15 is 0 Å². The van der Waals surface area contributed by atoms with Crippen molar-refractivity contribution in [2.45, 2.75) is 27.2 Å². The highest BCUT2D eigenvalue weighted by Crippen LogP contribution is 2.29. The van der Waals surface area contributed by atoms with Gasteiger partial charge in [-0.3, -0.25) is 19.8 Å². The SMILES string of the molecule is CCc1ccc(N2C(=O)/C(=C/c3ccc(N(CC)CC)cc3OC)C(=O)NC2=S)cc1. The fourth-order valence-corrected chi connectivity index (χ4v) is 3.81. The van der Waals surface area contributed by atoms with Gasteiger partial charge in [-0.2, -0.15) is 0 Å². The molecule has 2 aromatic carbocycles. The molecule has 0 atom stereocenters. The van der Waals surface area contributed by atoms with Gasteiger partial charge in [-0.25, -0.2) is 0 Å². The maximum atomic E-state index is 13.2. The van der Waals surface area contributed by atoms with Crippen molar-refractivity contribution in [3.8, 4) is 5.75 Å². The van der Waals surface area contributed by atoms with E-state index in [-0.39, 0.29) is 10.7 Å². The zero-order chi connectivity index (χ0) is 22.5. The summed E-state index contributed by atoms with van der Waals surface area (Å²) in [6.07, 6.45) is 2.45. The van der Waals surface area contributed by atoms with Crippen LogP contribution in [0.25, 0.3) is 6.08 Å². The minimum absolute atomic E-state index is 0.00190. The highest BCUT2D eigenvalue weighted by Gasteiger charge is 2.34. The molecule has 1 N–H and O–H groups in total. The van der Waals surface area contributed by atoms with Crippen LogP contribution in [0.5, 0.6) is 5.75 Å². The Hall–Kier alpha value is -3.19. The summed E-state index contributed by atoms with van der Waals surface area (Å²) in [4.78, 5) is 29.4. The molecule has 0 aromatic heterocycles. The minimum atomic E-state index is -0.522. The fraction of sp³-hybridized carbons (Fsp3) is 0.292. The molecule has 1 aliphatic rings. The van der Waals surface area contributed by atoms with Crippen molar-refractivity contribution < 1.29 is 14.3 Å². The zero-order valence-corrected chi connectivity index (χ0v) is 19.1. The van der Waals surface area contributed by atoms with E-state index in [1.807, 2.05) is 42.5 Å². The number of anilines is 2. The summed E-state index contributed by atoms with van der Waals surface area (Å²) in [5.74, 6) is -0.399. The third-order valence-corrected chi connectivity index (χ3v) is 5.63. The van der Waals surface area contributed by atoms with Crippen LogP contribution in [0.15, 0.2) is 48.0 Å². The number of nitrogens with one attached hydrogen (secondary N) is 1. The van der Waals surface area contributed by atoms with E-state index in [9.17, 15) is 9.59 Å². The Balaban J connectivity index is 1.99. The standard InChI is InChI=1S/C24H27N3O3S/c1-5-16-8-11-18(12-9-16)27-23(29)20(22(28)25-24(27)31)14-17-10-13-19(15-21(17)30-4)26(6-2)7-3/h8-15H,5-7H2,1-4H3,(H,25,28,31)/b20-14+. The van der Waals surface area contributed by atoms with E-state index in [0.29, 0.717) is 17.0 Å². The second-order valence-corrected chi connectivity index (χ2v) is 7.46. The Morgan fingerprint density at radius 2 is 1.74 bits per heavy atom. The van der Waals surface area contributed by atoms with Crippen molar-refractivity contribution in [3.63, 3.8) is 0 Å². The van der Waals surface area contributed by atoms with E-state index in [1.165, 1.54) is 4.90 Å². The van der Waals surface area contributed by atoms with Gasteiger partial charge in [-0.05, 0) is 68.4 Å². The van der Waals surface area contributed by atoms with Crippen LogP contribution in [0.3, 0.4) is 0 Å². The first-order valence-electron chi connectivity index (χ1n) is 10.4. The Bertz CT molecular complexity index is 1030. The lowest BCUT2D eigenvalue weighted by atomic mass is 10.0. The average molecular weight is 438 g/mol. The van der Waals surface area contributed by atoms with Crippen molar-refractivity contribution >= 4 is 46.6 Å². The topological polar surface area (TPSA) is 61.9 Å². The predicted octanol–water partition coefficient (Wildman–Crippen LogP) is 3.94. The molecule has 2 aromatic rings. The lowest BCUT2D eigenvalue weighted by Gasteiger charge is -2.29. The molecule has 0 spiro atoms. The van der Waals surface area contributed by atoms with Crippen LogP contribution in [-0.4, -0.2) is 37.1 Å². The second kappa shape index (κ2) is 9.75. The monoisotopic (exact) mass is 437 g/mol. The first kappa shape index (κ1) is 22.5. The van der Waals surface area contributed by atoms with Crippen LogP contribution in [0.4, 0.5) is 11.4 Å². The average Bonchev–Trinajstić information content (AvgIpc) is 2.78. The molecule has 0 radical (unpaired) electrons. The number of methoxy groups -OCH3 is 1. The van der Waals surface area contributed by atoms with Crippen LogP contribution in [0, 0.1) is 0 Å². The molecule has 162 valence electrons. The molecule has 7 heteroatoms. The molecule has 3 rings (SSSR count). The van der Waals surface area contributed by atoms with Gasteiger partial charge >= 0.3 is 0 Å². The smallest absolute Gasteiger partial charge is 0.270 e. The summed E-state index contributed by atoms with van der Waals surface area (Å²) in [5, 5.41) is 2.69. The molecule has 1 saturated heterocycles. The largest absolute Gasteiger partial charge is 0.496 e. The van der Waals surface area contributed by atoms with Crippen LogP contribution in [-0.2, 0) is 16.0 Å². The summed E-state index contributed by atoms with van der Waals surface area (Å²) < 4.78 is 5.54. The van der Waals surface area contributed by atoms with Gasteiger partial charge in [0, 0.05) is 30.4 Å². The number of hydrogen-bond donors (Lipinski definition) is 1. The molecule has 2 amide bonds. The quantitative estimate of drug-likeness (QED) is 0.404. The number of ether oxygens (including phenoxy) is 1. The van der Waals surface area contributed by atoms with Gasteiger partial charge in [0.1, 0.15) is 11.3 Å². The van der Waals surface area contributed by atoms with Crippen molar-refractivity contribution in [1.29, 1.82) is 0 Å². The number of amides is 2. The summed E-state index contributed by atoms with van der Waals surface area (Å²) in [6.45, 7) is 7.96. The Morgan fingerprint density at radius 1 is 1.06 bits per heavy atom. The number of carbonyl (C=O) groups is 2. The Morgan fingerprint density at radius 3 is 2.32 bits per heavy atom. The molecule has 1 fully saturated rings. The molecule has 31 heavy (non-hydrogen) atoms. The van der Waals surface area contributed by atoms with Crippen molar-refractivity contribution in [3.05, 3.63) is 59.2 Å². The normalized spacial score (nSPS) is 15.3. The van der Waals surface area contributed by atoms with Crippen molar-refractivity contribution in [1.82, 2.24) is 5.32 Å². The molecule has 1 aliphatic heterocycles. The van der Waals surface area contributed by atoms with E-state index in [4.69, 9.17) is 17.0 Å². The summed E-state index contributed by atoms with van der Waals surface area (Å²) in [5.41, 5.74) is 3.43. The number of nitrogens with zero attached hydrogens (tertiary/aromatic N) is 2. The molecule has 0 saturated carbocycles. The van der Waals surface area contributed by atoms with E-state index in [2.05, 4.69) is 31.0 Å². The van der Waals surface area contributed by atoms with Crippen molar-refractivity contribution in [2.75, 3.05) is 30.0 Å². The molecule has 0 bridgehead atoms. The lowest BCUT2D eigenvalue weighted by Crippen LogP contribution is -2.54. The van der Waals surface area contributed by atoms with Gasteiger partial charge in [0.05, 0.1) is 12.8 Å². The van der Waals surface area contributed by atoms with Gasteiger partial charge in [0.2, 0.25) is 0 Å². The van der Waals surface area contributed by atoms with Gasteiger partial charge in [-0.15, -0.1) is 0 Å². The molecular weight excluding hydrogens is 410 g/mol. The number of aryl methyl sites for hydroxylation is 1. The first-order valence-corrected chi connectivity index (χ1v) is 10.8. The number of rotatable bonds is 7. The summed E-state index contributed by atoms with van der Waals surface area (Å²) >= 11 is 5.28. The van der Waals surface area contributed by atoms with Gasteiger partial charge in [-0.1, -0.05) is 19.1 Å². The number of carbonyl (C=O) groups excluding carboxylic acids is 2. The highest BCUT2D eigenvalue weighted by molar-refractivity contribution is 7.80. The lowest BCUT2D eigenvalue weighted by molar-refractivity contribution is -0.122. The molecular formula is C24H27N3O3S. The zero-order valence-electron chi connectivity index (χ0n) is 18.3. The van der Waals surface area contributed by atoms with Crippen LogP contribution in [0.1, 0.15) is 31.9 Å². The fourth-order valence-electron chi connectivity index (χ4n) is 3.53. The molecule has 1 heterocycles. The summed E-state index contributed by atoms with van der Waals surface area (Å²) in [7, 11) is 1.57. The van der Waals surface area contributed by atoms with Crippen LogP contribution < -0.4 is 19.9 Å². The van der Waals surface area contributed by atoms with Gasteiger partial charge in [0.25, 0.3) is 11.8 Å². The Labute approximate surface area is 188 Å². The third kappa shape index (κ3) is 4.61. The highest BCUT2D eigenvalue weighted by atomic mass is 32.1. The maximum absolute atomic E-state index is 13.2. The molecule has 6 nitrogen and oxygen atoms in total. The number of hydrogen-bond acceptors (Lipinski definition) is 5. The third-order valence-electron chi connectivity index (χ3n) is 5.35. The number of thiocarbonyl (C=S) groups is 1. The van der Waals surface area contributed by atoms with E-state index in [0.717, 1.165) is 30.8 Å². The van der Waals surface area contributed by atoms with Crippen molar-refractivity contribution in [2.24, 2.45) is 0 Å². The first-order chi connectivity index (χ1) is 14.9.